The number of thiazole rings is 1. The fraction of sp³-hybridized carbons (Fsp3) is 0.786. The molecule has 1 N–H and O–H groups in total. The van der Waals surface area contributed by atoms with Crippen LogP contribution in [-0.2, 0) is 6.54 Å². The molecule has 3 unspecified atom stereocenters. The lowest BCUT2D eigenvalue weighted by molar-refractivity contribution is 0.297. The van der Waals surface area contributed by atoms with E-state index in [0.717, 1.165) is 24.9 Å². The Labute approximate surface area is 115 Å². The summed E-state index contributed by atoms with van der Waals surface area (Å²) in [5, 5.41) is 4.43. The molecule has 1 aliphatic rings. The van der Waals surface area contributed by atoms with Crippen LogP contribution >= 0.6 is 11.3 Å². The average Bonchev–Trinajstić information content (AvgIpc) is 2.66. The second-order valence-electron chi connectivity index (χ2n) is 5.75. The van der Waals surface area contributed by atoms with Gasteiger partial charge in [-0.05, 0) is 39.2 Å². The summed E-state index contributed by atoms with van der Waals surface area (Å²) >= 11 is 1.85. The predicted molar refractivity (Wildman–Crippen MR) is 79.4 cm³/mol. The fourth-order valence-corrected chi connectivity index (χ4v) is 4.00. The standard InChI is InChI=1S/C14H25N3S/c1-9-6-10(2)12(4)17(8-9)14-16-11(3)13(18-14)7-15-5/h9-10,12,15H,6-8H2,1-5H3. The first kappa shape index (κ1) is 13.8. The van der Waals surface area contributed by atoms with E-state index in [2.05, 4.69) is 37.9 Å². The summed E-state index contributed by atoms with van der Waals surface area (Å²) in [5.41, 5.74) is 1.18. The molecule has 1 saturated heterocycles. The summed E-state index contributed by atoms with van der Waals surface area (Å²) in [6, 6.07) is 0.606. The van der Waals surface area contributed by atoms with Crippen molar-refractivity contribution in [2.24, 2.45) is 11.8 Å². The second kappa shape index (κ2) is 5.57. The quantitative estimate of drug-likeness (QED) is 0.912. The van der Waals surface area contributed by atoms with Crippen LogP contribution in [-0.4, -0.2) is 24.6 Å². The van der Waals surface area contributed by atoms with Crippen LogP contribution in [0.2, 0.25) is 0 Å². The Kier molecular flexibility index (Phi) is 4.28. The van der Waals surface area contributed by atoms with Crippen molar-refractivity contribution in [1.82, 2.24) is 10.3 Å². The normalized spacial score (nSPS) is 28.7. The highest BCUT2D eigenvalue weighted by Crippen LogP contribution is 2.34. The molecular weight excluding hydrogens is 242 g/mol. The van der Waals surface area contributed by atoms with Crippen molar-refractivity contribution in [2.45, 2.75) is 46.7 Å². The molecule has 2 rings (SSSR count). The smallest absolute Gasteiger partial charge is 0.186 e. The molecule has 0 bridgehead atoms. The van der Waals surface area contributed by atoms with Crippen molar-refractivity contribution in [3.8, 4) is 0 Å². The number of hydrogen-bond acceptors (Lipinski definition) is 4. The third kappa shape index (κ3) is 2.69. The zero-order valence-corrected chi connectivity index (χ0v) is 13.0. The van der Waals surface area contributed by atoms with Crippen LogP contribution in [0.5, 0.6) is 0 Å². The molecule has 0 aromatic carbocycles. The molecule has 1 aliphatic heterocycles. The summed E-state index contributed by atoms with van der Waals surface area (Å²) in [5.74, 6) is 1.53. The molecule has 1 fully saturated rings. The summed E-state index contributed by atoms with van der Waals surface area (Å²) in [6.45, 7) is 11.3. The van der Waals surface area contributed by atoms with Gasteiger partial charge in [-0.25, -0.2) is 4.98 Å². The van der Waals surface area contributed by atoms with Gasteiger partial charge in [0.1, 0.15) is 0 Å². The Morgan fingerprint density at radius 1 is 1.39 bits per heavy atom. The molecule has 2 heterocycles. The van der Waals surface area contributed by atoms with Crippen molar-refractivity contribution in [1.29, 1.82) is 0 Å². The Morgan fingerprint density at radius 3 is 2.78 bits per heavy atom. The van der Waals surface area contributed by atoms with Crippen molar-refractivity contribution >= 4 is 16.5 Å². The minimum absolute atomic E-state index is 0.606. The molecule has 0 aliphatic carbocycles. The molecule has 0 amide bonds. The SMILES string of the molecule is CNCc1sc(N2CC(C)CC(C)C2C)nc1C. The van der Waals surface area contributed by atoms with E-state index in [-0.39, 0.29) is 0 Å². The fourth-order valence-electron chi connectivity index (χ4n) is 2.83. The van der Waals surface area contributed by atoms with E-state index in [1.54, 1.807) is 0 Å². The van der Waals surface area contributed by atoms with Gasteiger partial charge in [0.25, 0.3) is 0 Å². The minimum Gasteiger partial charge on any atom is -0.345 e. The van der Waals surface area contributed by atoms with Gasteiger partial charge >= 0.3 is 0 Å². The summed E-state index contributed by atoms with van der Waals surface area (Å²) < 4.78 is 0. The Morgan fingerprint density at radius 2 is 2.11 bits per heavy atom. The Hall–Kier alpha value is -0.610. The van der Waals surface area contributed by atoms with Gasteiger partial charge in [0, 0.05) is 24.0 Å². The average molecular weight is 267 g/mol. The number of piperidine rings is 1. The lowest BCUT2D eigenvalue weighted by Gasteiger charge is -2.41. The van der Waals surface area contributed by atoms with Gasteiger partial charge in [0.15, 0.2) is 5.13 Å². The Balaban J connectivity index is 2.21. The molecule has 3 atom stereocenters. The van der Waals surface area contributed by atoms with Crippen LogP contribution < -0.4 is 10.2 Å². The van der Waals surface area contributed by atoms with E-state index in [9.17, 15) is 0 Å². The van der Waals surface area contributed by atoms with Crippen LogP contribution in [0.1, 0.15) is 37.8 Å². The van der Waals surface area contributed by atoms with Crippen LogP contribution in [0.4, 0.5) is 5.13 Å². The van der Waals surface area contributed by atoms with Crippen molar-refractivity contribution in [3.63, 3.8) is 0 Å². The van der Waals surface area contributed by atoms with Gasteiger partial charge in [-0.1, -0.05) is 13.8 Å². The van der Waals surface area contributed by atoms with Gasteiger partial charge in [-0.2, -0.15) is 0 Å². The Bertz CT molecular complexity index is 402. The van der Waals surface area contributed by atoms with Gasteiger partial charge < -0.3 is 10.2 Å². The van der Waals surface area contributed by atoms with Crippen molar-refractivity contribution in [3.05, 3.63) is 10.6 Å². The molecule has 0 spiro atoms. The number of rotatable bonds is 3. The lowest BCUT2D eigenvalue weighted by atomic mass is 9.86. The first-order valence-corrected chi connectivity index (χ1v) is 7.72. The molecule has 1 aromatic heterocycles. The van der Waals surface area contributed by atoms with E-state index in [4.69, 9.17) is 4.98 Å². The number of aromatic nitrogens is 1. The highest BCUT2D eigenvalue weighted by molar-refractivity contribution is 7.15. The van der Waals surface area contributed by atoms with Crippen LogP contribution in [0, 0.1) is 18.8 Å². The second-order valence-corrected chi connectivity index (χ2v) is 6.81. The first-order valence-electron chi connectivity index (χ1n) is 6.90. The van der Waals surface area contributed by atoms with E-state index in [1.165, 1.54) is 22.1 Å². The monoisotopic (exact) mass is 267 g/mol. The van der Waals surface area contributed by atoms with E-state index in [0.29, 0.717) is 6.04 Å². The molecular formula is C14H25N3S. The number of aryl methyl sites for hydroxylation is 1. The molecule has 0 radical (unpaired) electrons. The van der Waals surface area contributed by atoms with Gasteiger partial charge in [-0.3, -0.25) is 0 Å². The van der Waals surface area contributed by atoms with Gasteiger partial charge in [-0.15, -0.1) is 11.3 Å². The maximum atomic E-state index is 4.78. The van der Waals surface area contributed by atoms with E-state index in [1.807, 2.05) is 18.4 Å². The highest BCUT2D eigenvalue weighted by Gasteiger charge is 2.30. The first-order chi connectivity index (χ1) is 8.52. The van der Waals surface area contributed by atoms with Crippen LogP contribution in [0.15, 0.2) is 0 Å². The van der Waals surface area contributed by atoms with Gasteiger partial charge in [0.05, 0.1) is 5.69 Å². The number of nitrogens with one attached hydrogen (secondary N) is 1. The number of hydrogen-bond donors (Lipinski definition) is 1. The summed E-state index contributed by atoms with van der Waals surface area (Å²) in [4.78, 5) is 8.65. The molecule has 0 saturated carbocycles. The maximum absolute atomic E-state index is 4.78. The molecule has 18 heavy (non-hydrogen) atoms. The summed E-state index contributed by atoms with van der Waals surface area (Å²) in [6.07, 6.45) is 1.34. The number of anilines is 1. The summed E-state index contributed by atoms with van der Waals surface area (Å²) in [7, 11) is 1.99. The molecule has 4 heteroatoms. The topological polar surface area (TPSA) is 28.2 Å². The maximum Gasteiger partial charge on any atom is 0.186 e. The number of nitrogens with zero attached hydrogens (tertiary/aromatic N) is 2. The zero-order valence-electron chi connectivity index (χ0n) is 12.2. The minimum atomic E-state index is 0.606. The largest absolute Gasteiger partial charge is 0.345 e. The van der Waals surface area contributed by atoms with E-state index >= 15 is 0 Å². The van der Waals surface area contributed by atoms with Crippen LogP contribution in [0.25, 0.3) is 0 Å². The van der Waals surface area contributed by atoms with Crippen molar-refractivity contribution in [2.75, 3.05) is 18.5 Å². The molecule has 1 aromatic rings. The van der Waals surface area contributed by atoms with E-state index < -0.39 is 0 Å². The zero-order chi connectivity index (χ0) is 13.3. The van der Waals surface area contributed by atoms with Gasteiger partial charge in [0.2, 0.25) is 0 Å². The molecule has 102 valence electrons. The van der Waals surface area contributed by atoms with Crippen molar-refractivity contribution < 1.29 is 0 Å². The molecule has 3 nitrogen and oxygen atoms in total. The third-order valence-corrected chi connectivity index (χ3v) is 5.26. The lowest BCUT2D eigenvalue weighted by Crippen LogP contribution is -2.45. The van der Waals surface area contributed by atoms with Crippen LogP contribution in [0.3, 0.4) is 0 Å². The predicted octanol–water partition coefficient (Wildman–Crippen LogP) is 3.04. The third-order valence-electron chi connectivity index (χ3n) is 4.06. The highest BCUT2D eigenvalue weighted by atomic mass is 32.1.